The zero-order valence-electron chi connectivity index (χ0n) is 6.30. The number of rotatable bonds is 2. The highest BCUT2D eigenvalue weighted by molar-refractivity contribution is 9.11. The van der Waals surface area contributed by atoms with Gasteiger partial charge in [0.25, 0.3) is 0 Å². The van der Waals surface area contributed by atoms with Crippen molar-refractivity contribution in [3.8, 4) is 5.75 Å². The van der Waals surface area contributed by atoms with Crippen LogP contribution in [0.25, 0.3) is 0 Å². The summed E-state index contributed by atoms with van der Waals surface area (Å²) in [4.78, 5) is 10.5. The van der Waals surface area contributed by atoms with Crippen LogP contribution in [0.1, 0.15) is 10.4 Å². The fraction of sp³-hybridized carbons (Fsp3) is 0.125. The molecule has 0 unspecified atom stereocenters. The Hall–Kier alpha value is -0.350. The number of hydrogen-bond donors (Lipinski definition) is 0. The molecule has 4 heteroatoms. The van der Waals surface area contributed by atoms with Gasteiger partial charge in [-0.05, 0) is 44.0 Å². The minimum absolute atomic E-state index is 0.600. The van der Waals surface area contributed by atoms with Crippen LogP contribution < -0.4 is 4.74 Å². The van der Waals surface area contributed by atoms with Crippen molar-refractivity contribution in [2.45, 2.75) is 0 Å². The predicted octanol–water partition coefficient (Wildman–Crippen LogP) is 3.03. The van der Waals surface area contributed by atoms with Gasteiger partial charge in [-0.1, -0.05) is 0 Å². The molecule has 0 aromatic heterocycles. The average molecular weight is 294 g/mol. The van der Waals surface area contributed by atoms with Crippen LogP contribution in [0.4, 0.5) is 0 Å². The molecule has 1 aromatic rings. The van der Waals surface area contributed by atoms with Crippen molar-refractivity contribution in [3.05, 3.63) is 26.6 Å². The first-order chi connectivity index (χ1) is 5.69. The van der Waals surface area contributed by atoms with E-state index in [-0.39, 0.29) is 0 Å². The van der Waals surface area contributed by atoms with Crippen LogP contribution in [0.15, 0.2) is 21.1 Å². The van der Waals surface area contributed by atoms with Crippen molar-refractivity contribution in [1.82, 2.24) is 0 Å². The van der Waals surface area contributed by atoms with E-state index in [2.05, 4.69) is 31.9 Å². The normalized spacial score (nSPS) is 9.58. The molecule has 2 nitrogen and oxygen atoms in total. The molecule has 0 atom stereocenters. The highest BCUT2D eigenvalue weighted by Crippen LogP contribution is 2.30. The SMILES string of the molecule is COc1cc(Br)c(C=O)cc1Br. The number of benzene rings is 1. The summed E-state index contributed by atoms with van der Waals surface area (Å²) in [5.41, 5.74) is 0.600. The molecule has 1 rings (SSSR count). The second-order valence-corrected chi connectivity index (χ2v) is 3.83. The van der Waals surface area contributed by atoms with Crippen LogP contribution in [-0.4, -0.2) is 13.4 Å². The van der Waals surface area contributed by atoms with Crippen molar-refractivity contribution in [1.29, 1.82) is 0 Å². The average Bonchev–Trinajstić information content (AvgIpc) is 2.08. The van der Waals surface area contributed by atoms with Crippen molar-refractivity contribution < 1.29 is 9.53 Å². The number of methoxy groups -OCH3 is 1. The Morgan fingerprint density at radius 2 is 2.00 bits per heavy atom. The van der Waals surface area contributed by atoms with Gasteiger partial charge in [-0.15, -0.1) is 0 Å². The number of halogens is 2. The molecule has 0 fully saturated rings. The van der Waals surface area contributed by atoms with E-state index in [4.69, 9.17) is 4.74 Å². The summed E-state index contributed by atoms with van der Waals surface area (Å²) in [5, 5.41) is 0. The van der Waals surface area contributed by atoms with Gasteiger partial charge in [-0.25, -0.2) is 0 Å². The summed E-state index contributed by atoms with van der Waals surface area (Å²) in [7, 11) is 1.58. The Kier molecular flexibility index (Phi) is 3.29. The second kappa shape index (κ2) is 4.05. The molecule has 64 valence electrons. The molecule has 0 aliphatic carbocycles. The van der Waals surface area contributed by atoms with Crippen LogP contribution >= 0.6 is 31.9 Å². The lowest BCUT2D eigenvalue weighted by Gasteiger charge is -2.04. The molecule has 0 spiro atoms. The van der Waals surface area contributed by atoms with E-state index >= 15 is 0 Å². The fourth-order valence-electron chi connectivity index (χ4n) is 0.791. The lowest BCUT2D eigenvalue weighted by atomic mass is 10.2. The first-order valence-electron chi connectivity index (χ1n) is 3.17. The molecular formula is C8H6Br2O2. The van der Waals surface area contributed by atoms with Crippen LogP contribution in [-0.2, 0) is 0 Å². The van der Waals surface area contributed by atoms with E-state index in [0.29, 0.717) is 11.3 Å². The van der Waals surface area contributed by atoms with Gasteiger partial charge in [0, 0.05) is 10.0 Å². The highest BCUT2D eigenvalue weighted by Gasteiger charge is 2.05. The van der Waals surface area contributed by atoms with Gasteiger partial charge in [0.15, 0.2) is 6.29 Å². The second-order valence-electron chi connectivity index (χ2n) is 2.13. The Morgan fingerprint density at radius 1 is 1.33 bits per heavy atom. The lowest BCUT2D eigenvalue weighted by molar-refractivity contribution is 0.112. The standard InChI is InChI=1S/C8H6Br2O2/c1-12-8-3-6(9)5(4-11)2-7(8)10/h2-4H,1H3. The largest absolute Gasteiger partial charge is 0.496 e. The first kappa shape index (κ1) is 9.74. The van der Waals surface area contributed by atoms with E-state index in [1.807, 2.05) is 0 Å². The zero-order chi connectivity index (χ0) is 9.14. The number of ether oxygens (including phenoxy) is 1. The number of carbonyl (C=O) groups is 1. The maximum Gasteiger partial charge on any atom is 0.151 e. The Morgan fingerprint density at radius 3 is 2.50 bits per heavy atom. The summed E-state index contributed by atoms with van der Waals surface area (Å²) in [6.07, 6.45) is 0.786. The van der Waals surface area contributed by atoms with Crippen molar-refractivity contribution in [2.75, 3.05) is 7.11 Å². The molecule has 12 heavy (non-hydrogen) atoms. The van der Waals surface area contributed by atoms with Gasteiger partial charge in [0.05, 0.1) is 11.6 Å². The summed E-state index contributed by atoms with van der Waals surface area (Å²) >= 11 is 6.53. The third-order valence-electron chi connectivity index (χ3n) is 1.40. The fourth-order valence-corrected chi connectivity index (χ4v) is 1.73. The van der Waals surface area contributed by atoms with Crippen LogP contribution in [0.5, 0.6) is 5.75 Å². The maximum absolute atomic E-state index is 10.5. The Bertz CT molecular complexity index is 310. The Balaban J connectivity index is 3.25. The van der Waals surface area contributed by atoms with Crippen molar-refractivity contribution in [3.63, 3.8) is 0 Å². The van der Waals surface area contributed by atoms with Gasteiger partial charge in [0.1, 0.15) is 5.75 Å². The molecule has 1 aromatic carbocycles. The summed E-state index contributed by atoms with van der Waals surface area (Å²) < 4.78 is 6.54. The monoisotopic (exact) mass is 292 g/mol. The van der Waals surface area contributed by atoms with Gasteiger partial charge in [0.2, 0.25) is 0 Å². The molecule has 0 N–H and O–H groups in total. The minimum Gasteiger partial charge on any atom is -0.496 e. The molecular weight excluding hydrogens is 288 g/mol. The number of aldehydes is 1. The zero-order valence-corrected chi connectivity index (χ0v) is 9.48. The van der Waals surface area contributed by atoms with Gasteiger partial charge < -0.3 is 4.74 Å². The molecule has 0 heterocycles. The molecule has 0 radical (unpaired) electrons. The van der Waals surface area contributed by atoms with Gasteiger partial charge in [-0.3, -0.25) is 4.79 Å². The molecule has 0 saturated heterocycles. The molecule has 0 saturated carbocycles. The summed E-state index contributed by atoms with van der Waals surface area (Å²) in [6.45, 7) is 0. The molecule has 0 bridgehead atoms. The quantitative estimate of drug-likeness (QED) is 0.784. The molecule has 0 aliphatic heterocycles. The van der Waals surface area contributed by atoms with Crippen molar-refractivity contribution >= 4 is 38.1 Å². The number of hydrogen-bond acceptors (Lipinski definition) is 2. The number of carbonyl (C=O) groups excluding carboxylic acids is 1. The van der Waals surface area contributed by atoms with Crippen LogP contribution in [0, 0.1) is 0 Å². The Labute approximate surface area is 87.2 Å². The first-order valence-corrected chi connectivity index (χ1v) is 4.76. The predicted molar refractivity (Wildman–Crippen MR) is 53.8 cm³/mol. The third kappa shape index (κ3) is 1.87. The van der Waals surface area contributed by atoms with Crippen LogP contribution in [0.3, 0.4) is 0 Å². The lowest BCUT2D eigenvalue weighted by Crippen LogP contribution is -1.88. The van der Waals surface area contributed by atoms with Crippen molar-refractivity contribution in [2.24, 2.45) is 0 Å². The van der Waals surface area contributed by atoms with Crippen LogP contribution in [0.2, 0.25) is 0 Å². The van der Waals surface area contributed by atoms with E-state index < -0.39 is 0 Å². The minimum atomic E-state index is 0.600. The molecule has 0 aliphatic rings. The van der Waals surface area contributed by atoms with Gasteiger partial charge in [-0.2, -0.15) is 0 Å². The van der Waals surface area contributed by atoms with Gasteiger partial charge >= 0.3 is 0 Å². The maximum atomic E-state index is 10.5. The smallest absolute Gasteiger partial charge is 0.151 e. The molecule has 0 amide bonds. The van der Waals surface area contributed by atoms with E-state index in [0.717, 1.165) is 15.2 Å². The van der Waals surface area contributed by atoms with E-state index in [9.17, 15) is 4.79 Å². The topological polar surface area (TPSA) is 26.3 Å². The van der Waals surface area contributed by atoms with E-state index in [1.54, 1.807) is 19.2 Å². The highest BCUT2D eigenvalue weighted by atomic mass is 79.9. The summed E-state index contributed by atoms with van der Waals surface area (Å²) in [5.74, 6) is 0.701. The third-order valence-corrected chi connectivity index (χ3v) is 2.70. The summed E-state index contributed by atoms with van der Waals surface area (Å²) in [6, 6.07) is 3.45. The van der Waals surface area contributed by atoms with E-state index in [1.165, 1.54) is 0 Å².